The van der Waals surface area contributed by atoms with Gasteiger partial charge in [0.25, 0.3) is 0 Å². The second-order valence-corrected chi connectivity index (χ2v) is 6.84. The Hall–Kier alpha value is -1.31. The van der Waals surface area contributed by atoms with Crippen LogP contribution in [0.15, 0.2) is 17.6 Å². The number of hydrogen-bond acceptors (Lipinski definition) is 5. The molecule has 0 spiro atoms. The van der Waals surface area contributed by atoms with Crippen molar-refractivity contribution in [2.24, 2.45) is 0 Å². The van der Waals surface area contributed by atoms with E-state index in [2.05, 4.69) is 12.6 Å². The molecule has 0 aliphatic carbocycles. The average molecular weight is 338 g/mol. The van der Waals surface area contributed by atoms with Gasteiger partial charge in [-0.25, -0.2) is 4.39 Å². The summed E-state index contributed by atoms with van der Waals surface area (Å²) in [5, 5.41) is 9.47. The van der Waals surface area contributed by atoms with Crippen LogP contribution in [-0.2, 0) is 9.31 Å². The minimum atomic E-state index is -0.853. The maximum Gasteiger partial charge on any atom is 0.491 e. The number of hydrogen-bond donors (Lipinski definition) is 2. The molecule has 0 saturated carbocycles. The summed E-state index contributed by atoms with van der Waals surface area (Å²) in [6.45, 7) is 7.75. The second kappa shape index (κ2) is 6.30. The highest BCUT2D eigenvalue weighted by molar-refractivity contribution is 7.80. The van der Waals surface area contributed by atoms with E-state index in [4.69, 9.17) is 9.31 Å². The Morgan fingerprint density at radius 2 is 1.87 bits per heavy atom. The van der Waals surface area contributed by atoms with Crippen molar-refractivity contribution in [1.29, 1.82) is 0 Å². The highest BCUT2D eigenvalue weighted by Gasteiger charge is 2.52. The van der Waals surface area contributed by atoms with Crippen LogP contribution in [0.1, 0.15) is 43.6 Å². The number of thiol groups is 1. The molecule has 4 nitrogen and oxygen atoms in total. The molecule has 0 atom stereocenters. The number of carbonyl (C=O) groups excluding carboxylic acids is 1. The van der Waals surface area contributed by atoms with E-state index in [0.29, 0.717) is 23.1 Å². The molecular formula is C16H20BFO4S. The molecule has 1 fully saturated rings. The van der Waals surface area contributed by atoms with E-state index < -0.39 is 29.9 Å². The summed E-state index contributed by atoms with van der Waals surface area (Å²) in [5.41, 5.74) is 0.0422. The lowest BCUT2D eigenvalue weighted by Gasteiger charge is -2.32. The van der Waals surface area contributed by atoms with Crippen molar-refractivity contribution in [2.45, 2.75) is 38.9 Å². The van der Waals surface area contributed by atoms with Crippen LogP contribution >= 0.6 is 12.6 Å². The molecule has 124 valence electrons. The third kappa shape index (κ3) is 3.46. The fourth-order valence-corrected chi connectivity index (χ4v) is 2.45. The first kappa shape index (κ1) is 18.0. The Labute approximate surface area is 141 Å². The number of benzene rings is 1. The van der Waals surface area contributed by atoms with Crippen LogP contribution in [0.5, 0.6) is 5.75 Å². The van der Waals surface area contributed by atoms with Crippen molar-refractivity contribution in [1.82, 2.24) is 0 Å². The van der Waals surface area contributed by atoms with Gasteiger partial charge < -0.3 is 14.4 Å². The Kier molecular flexibility index (Phi) is 4.94. The van der Waals surface area contributed by atoms with Gasteiger partial charge in [-0.2, -0.15) is 12.6 Å². The molecule has 1 aromatic rings. The van der Waals surface area contributed by atoms with Crippen molar-refractivity contribution < 1.29 is 23.6 Å². The zero-order valence-electron chi connectivity index (χ0n) is 13.6. The molecule has 7 heteroatoms. The molecule has 23 heavy (non-hydrogen) atoms. The van der Waals surface area contributed by atoms with Gasteiger partial charge >= 0.3 is 7.12 Å². The fraction of sp³-hybridized carbons (Fsp3) is 0.438. The van der Waals surface area contributed by atoms with E-state index in [1.807, 2.05) is 27.7 Å². The fourth-order valence-electron chi connectivity index (χ4n) is 2.21. The molecule has 0 unspecified atom stereocenters. The van der Waals surface area contributed by atoms with Gasteiger partial charge in [-0.1, -0.05) is 6.08 Å². The summed E-state index contributed by atoms with van der Waals surface area (Å²) < 4.78 is 25.6. The molecule has 1 heterocycles. The quantitative estimate of drug-likeness (QED) is 0.503. The first-order valence-electron chi connectivity index (χ1n) is 7.26. The van der Waals surface area contributed by atoms with E-state index >= 15 is 0 Å². The largest absolute Gasteiger partial charge is 0.504 e. The topological polar surface area (TPSA) is 55.8 Å². The SMILES string of the molecule is CC1(C)OB(C(=Cc2cc(F)c(O)c(C=O)c2)CS)OC1(C)C. The summed E-state index contributed by atoms with van der Waals surface area (Å²) in [6.07, 6.45) is 2.07. The Bertz CT molecular complexity index is 642. The van der Waals surface area contributed by atoms with E-state index in [0.717, 1.165) is 6.07 Å². The second-order valence-electron chi connectivity index (χ2n) is 6.52. The van der Waals surface area contributed by atoms with Crippen LogP contribution in [0.2, 0.25) is 0 Å². The van der Waals surface area contributed by atoms with Crippen LogP contribution in [0, 0.1) is 5.82 Å². The first-order valence-corrected chi connectivity index (χ1v) is 7.89. The third-order valence-corrected chi connectivity index (χ3v) is 4.70. The zero-order valence-corrected chi connectivity index (χ0v) is 14.5. The van der Waals surface area contributed by atoms with Crippen LogP contribution in [0.4, 0.5) is 4.39 Å². The molecule has 0 radical (unpaired) electrons. The molecule has 1 aromatic carbocycles. The highest BCUT2D eigenvalue weighted by Crippen LogP contribution is 2.39. The van der Waals surface area contributed by atoms with E-state index in [-0.39, 0.29) is 5.56 Å². The number of aldehydes is 1. The first-order chi connectivity index (χ1) is 10.6. The maximum atomic E-state index is 13.7. The summed E-state index contributed by atoms with van der Waals surface area (Å²) in [5.74, 6) is -1.16. The lowest BCUT2D eigenvalue weighted by Crippen LogP contribution is -2.41. The molecule has 0 amide bonds. The number of halogens is 1. The number of rotatable bonds is 4. The van der Waals surface area contributed by atoms with Crippen LogP contribution in [0.25, 0.3) is 6.08 Å². The Morgan fingerprint density at radius 3 is 2.35 bits per heavy atom. The molecule has 1 aliphatic rings. The summed E-state index contributed by atoms with van der Waals surface area (Å²) >= 11 is 4.29. The maximum absolute atomic E-state index is 13.7. The van der Waals surface area contributed by atoms with E-state index in [9.17, 15) is 14.3 Å². The normalized spacial score (nSPS) is 19.9. The zero-order chi connectivity index (χ0) is 17.4. The minimum absolute atomic E-state index is 0.108. The molecular weight excluding hydrogens is 318 g/mol. The number of carbonyl (C=O) groups is 1. The van der Waals surface area contributed by atoms with Crippen molar-refractivity contribution in [3.63, 3.8) is 0 Å². The van der Waals surface area contributed by atoms with Crippen molar-refractivity contribution in [3.8, 4) is 5.75 Å². The molecule has 0 aromatic heterocycles. The molecule has 1 aliphatic heterocycles. The molecule has 1 saturated heterocycles. The average Bonchev–Trinajstić information content (AvgIpc) is 2.68. The van der Waals surface area contributed by atoms with Gasteiger partial charge in [-0.15, -0.1) is 0 Å². The summed E-state index contributed by atoms with van der Waals surface area (Å²) in [4.78, 5) is 10.9. The number of aromatic hydroxyl groups is 1. The minimum Gasteiger partial charge on any atom is -0.504 e. The summed E-state index contributed by atoms with van der Waals surface area (Å²) in [7, 11) is -0.603. The molecule has 2 rings (SSSR count). The van der Waals surface area contributed by atoms with Crippen LogP contribution in [-0.4, -0.2) is 35.5 Å². The molecule has 1 N–H and O–H groups in total. The standard InChI is InChI=1S/C16H20BFO4S/c1-15(2)16(3,4)22-17(21-15)12(9-23)6-10-5-11(8-19)14(20)13(18)7-10/h5-8,20,23H,9H2,1-4H3. The Balaban J connectivity index is 2.37. The number of phenols is 1. The number of phenolic OH excluding ortho intramolecular Hbond substituents is 1. The lowest BCUT2D eigenvalue weighted by atomic mass is 9.78. The smallest absolute Gasteiger partial charge is 0.491 e. The monoisotopic (exact) mass is 338 g/mol. The van der Waals surface area contributed by atoms with Gasteiger partial charge in [0.2, 0.25) is 0 Å². The Morgan fingerprint density at radius 1 is 1.30 bits per heavy atom. The molecule has 0 bridgehead atoms. The predicted octanol–water partition coefficient (Wildman–Crippen LogP) is 3.29. The van der Waals surface area contributed by atoms with Crippen molar-refractivity contribution in [3.05, 3.63) is 34.5 Å². The van der Waals surface area contributed by atoms with Gasteiger partial charge in [0, 0.05) is 5.75 Å². The predicted molar refractivity (Wildman–Crippen MR) is 91.4 cm³/mol. The van der Waals surface area contributed by atoms with E-state index in [1.165, 1.54) is 6.07 Å². The summed E-state index contributed by atoms with van der Waals surface area (Å²) in [6, 6.07) is 2.55. The van der Waals surface area contributed by atoms with Crippen molar-refractivity contribution >= 4 is 32.1 Å². The van der Waals surface area contributed by atoms with Gasteiger partial charge in [0.05, 0.1) is 16.8 Å². The van der Waals surface area contributed by atoms with Gasteiger partial charge in [-0.3, -0.25) is 4.79 Å². The van der Waals surface area contributed by atoms with Gasteiger partial charge in [0.1, 0.15) is 0 Å². The third-order valence-electron chi connectivity index (χ3n) is 4.33. The van der Waals surface area contributed by atoms with Crippen LogP contribution in [0.3, 0.4) is 0 Å². The van der Waals surface area contributed by atoms with E-state index in [1.54, 1.807) is 6.08 Å². The van der Waals surface area contributed by atoms with Gasteiger partial charge in [0.15, 0.2) is 17.9 Å². The van der Waals surface area contributed by atoms with Gasteiger partial charge in [-0.05, 0) is 50.9 Å². The van der Waals surface area contributed by atoms with Crippen molar-refractivity contribution in [2.75, 3.05) is 5.75 Å². The lowest BCUT2D eigenvalue weighted by molar-refractivity contribution is 0.00578. The highest BCUT2D eigenvalue weighted by atomic mass is 32.1. The van der Waals surface area contributed by atoms with Crippen LogP contribution < -0.4 is 0 Å².